The SMILES string of the molecule is CC(O)N1CCN(c2ccc(Nc3nc(N)c(C(=O)c4cccc(C#N)c4)s3)cc2)CC1. The molecule has 4 N–H and O–H groups in total. The molecule has 1 fully saturated rings. The Hall–Kier alpha value is -3.45. The van der Waals surface area contributed by atoms with Crippen LogP contribution in [0.5, 0.6) is 0 Å². The van der Waals surface area contributed by atoms with Crippen molar-refractivity contribution in [1.29, 1.82) is 5.26 Å². The number of thiazole rings is 1. The van der Waals surface area contributed by atoms with Crippen LogP contribution in [0.1, 0.15) is 27.7 Å². The number of nitriles is 1. The largest absolute Gasteiger partial charge is 0.382 e. The molecule has 2 aromatic carbocycles. The standard InChI is InChI=1S/C23H24N6O2S/c1-15(30)28-9-11-29(12-10-28)19-7-5-18(6-8-19)26-23-27-22(25)21(32-23)20(31)17-4-2-3-16(13-17)14-24/h2-8,13,15,30H,9-12,25H2,1H3,(H,26,27). The van der Waals surface area contributed by atoms with Gasteiger partial charge in [-0.05, 0) is 43.3 Å². The molecule has 164 valence electrons. The van der Waals surface area contributed by atoms with Gasteiger partial charge in [-0.1, -0.05) is 23.5 Å². The lowest BCUT2D eigenvalue weighted by atomic mass is 10.1. The number of piperazine rings is 1. The van der Waals surface area contributed by atoms with Crippen LogP contribution in [0.25, 0.3) is 0 Å². The van der Waals surface area contributed by atoms with Crippen molar-refractivity contribution in [2.24, 2.45) is 0 Å². The molecule has 0 spiro atoms. The molecule has 1 aliphatic heterocycles. The monoisotopic (exact) mass is 448 g/mol. The maximum atomic E-state index is 12.8. The molecule has 8 nitrogen and oxygen atoms in total. The zero-order valence-electron chi connectivity index (χ0n) is 17.7. The van der Waals surface area contributed by atoms with Gasteiger partial charge in [0.25, 0.3) is 0 Å². The number of nitrogens with two attached hydrogens (primary N) is 1. The zero-order valence-corrected chi connectivity index (χ0v) is 18.5. The van der Waals surface area contributed by atoms with Gasteiger partial charge in [0.05, 0.1) is 11.6 Å². The van der Waals surface area contributed by atoms with Crippen LogP contribution in [0.4, 0.5) is 22.3 Å². The van der Waals surface area contributed by atoms with Crippen molar-refractivity contribution in [2.45, 2.75) is 13.2 Å². The number of nitrogens with zero attached hydrogens (tertiary/aromatic N) is 4. The molecule has 32 heavy (non-hydrogen) atoms. The van der Waals surface area contributed by atoms with Crippen LogP contribution in [0, 0.1) is 11.3 Å². The maximum Gasteiger partial charge on any atom is 0.206 e. The predicted molar refractivity (Wildman–Crippen MR) is 126 cm³/mol. The molecule has 1 atom stereocenters. The Morgan fingerprint density at radius 3 is 2.59 bits per heavy atom. The fourth-order valence-corrected chi connectivity index (χ4v) is 4.51. The van der Waals surface area contributed by atoms with Gasteiger partial charge < -0.3 is 21.1 Å². The lowest BCUT2D eigenvalue weighted by Gasteiger charge is -2.37. The van der Waals surface area contributed by atoms with Crippen LogP contribution in [0.15, 0.2) is 48.5 Å². The molecule has 2 heterocycles. The lowest BCUT2D eigenvalue weighted by molar-refractivity contribution is 0.0153. The van der Waals surface area contributed by atoms with Gasteiger partial charge in [0.15, 0.2) is 5.13 Å². The van der Waals surface area contributed by atoms with Crippen molar-refractivity contribution in [3.05, 3.63) is 64.5 Å². The number of rotatable bonds is 6. The van der Waals surface area contributed by atoms with Crippen molar-refractivity contribution < 1.29 is 9.90 Å². The number of aliphatic hydroxyl groups excluding tert-OH is 1. The van der Waals surface area contributed by atoms with Gasteiger partial charge in [0.1, 0.15) is 16.9 Å². The molecule has 0 bridgehead atoms. The van der Waals surface area contributed by atoms with E-state index in [4.69, 9.17) is 11.0 Å². The fourth-order valence-electron chi connectivity index (χ4n) is 3.64. The Morgan fingerprint density at radius 1 is 1.22 bits per heavy atom. The molecule has 0 amide bonds. The number of anilines is 4. The fraction of sp³-hybridized carbons (Fsp3) is 0.261. The van der Waals surface area contributed by atoms with Crippen LogP contribution in [0.2, 0.25) is 0 Å². The second-order valence-corrected chi connectivity index (χ2v) is 8.58. The highest BCUT2D eigenvalue weighted by molar-refractivity contribution is 7.18. The van der Waals surface area contributed by atoms with Crippen molar-refractivity contribution in [1.82, 2.24) is 9.88 Å². The van der Waals surface area contributed by atoms with Crippen molar-refractivity contribution in [2.75, 3.05) is 42.1 Å². The van der Waals surface area contributed by atoms with E-state index >= 15 is 0 Å². The average Bonchev–Trinajstić information content (AvgIpc) is 3.19. The summed E-state index contributed by atoms with van der Waals surface area (Å²) in [6, 6.07) is 16.6. The number of carbonyl (C=O) groups excluding carboxylic acids is 1. The van der Waals surface area contributed by atoms with Crippen LogP contribution >= 0.6 is 11.3 Å². The number of nitrogens with one attached hydrogen (secondary N) is 1. The third-order valence-corrected chi connectivity index (χ3v) is 6.43. The van der Waals surface area contributed by atoms with E-state index in [1.807, 2.05) is 30.3 Å². The van der Waals surface area contributed by atoms with E-state index in [1.165, 1.54) is 11.3 Å². The normalized spacial score (nSPS) is 15.2. The van der Waals surface area contributed by atoms with Gasteiger partial charge in [-0.15, -0.1) is 0 Å². The van der Waals surface area contributed by atoms with Gasteiger partial charge in [-0.3, -0.25) is 9.69 Å². The summed E-state index contributed by atoms with van der Waals surface area (Å²) in [6.45, 7) is 5.16. The summed E-state index contributed by atoms with van der Waals surface area (Å²) in [5, 5.41) is 22.5. The Morgan fingerprint density at radius 2 is 1.94 bits per heavy atom. The van der Waals surface area contributed by atoms with Gasteiger partial charge in [0, 0.05) is 43.1 Å². The van der Waals surface area contributed by atoms with Crippen molar-refractivity contribution >= 4 is 39.4 Å². The first-order chi connectivity index (χ1) is 15.4. The highest BCUT2D eigenvalue weighted by atomic mass is 32.1. The minimum Gasteiger partial charge on any atom is -0.382 e. The molecule has 1 saturated heterocycles. The summed E-state index contributed by atoms with van der Waals surface area (Å²) in [4.78, 5) is 21.8. The van der Waals surface area contributed by atoms with Crippen LogP contribution in [0.3, 0.4) is 0 Å². The Kier molecular flexibility index (Phi) is 6.37. The second kappa shape index (κ2) is 9.36. The van der Waals surface area contributed by atoms with Crippen LogP contribution in [-0.2, 0) is 0 Å². The first-order valence-electron chi connectivity index (χ1n) is 10.3. The minimum absolute atomic E-state index is 0.164. The van der Waals surface area contributed by atoms with Crippen LogP contribution < -0.4 is 16.0 Å². The van der Waals surface area contributed by atoms with E-state index in [0.717, 1.165) is 37.6 Å². The molecular weight excluding hydrogens is 424 g/mol. The highest BCUT2D eigenvalue weighted by Gasteiger charge is 2.20. The Balaban J connectivity index is 1.43. The van der Waals surface area contributed by atoms with E-state index in [1.54, 1.807) is 31.2 Å². The number of hydrogen-bond donors (Lipinski definition) is 3. The third-order valence-electron chi connectivity index (χ3n) is 5.44. The molecule has 1 aliphatic rings. The molecule has 1 aromatic heterocycles. The van der Waals surface area contributed by atoms with Crippen molar-refractivity contribution in [3.8, 4) is 6.07 Å². The zero-order chi connectivity index (χ0) is 22.7. The number of ketones is 1. The molecular formula is C23H24N6O2S. The number of carbonyl (C=O) groups is 1. The van der Waals surface area contributed by atoms with E-state index in [2.05, 4.69) is 20.1 Å². The number of aliphatic hydroxyl groups is 1. The van der Waals surface area contributed by atoms with Gasteiger partial charge >= 0.3 is 0 Å². The summed E-state index contributed by atoms with van der Waals surface area (Å²) in [6.07, 6.45) is -0.415. The first kappa shape index (κ1) is 21.8. The quantitative estimate of drug-likeness (QED) is 0.493. The topological polar surface area (TPSA) is 119 Å². The maximum absolute atomic E-state index is 12.8. The smallest absolute Gasteiger partial charge is 0.206 e. The van der Waals surface area contributed by atoms with E-state index in [0.29, 0.717) is 21.1 Å². The van der Waals surface area contributed by atoms with E-state index < -0.39 is 6.23 Å². The van der Waals surface area contributed by atoms with Gasteiger partial charge in [-0.25, -0.2) is 4.98 Å². The number of aromatic nitrogens is 1. The number of hydrogen-bond acceptors (Lipinski definition) is 9. The van der Waals surface area contributed by atoms with Crippen molar-refractivity contribution in [3.63, 3.8) is 0 Å². The third kappa shape index (κ3) is 4.73. The minimum atomic E-state index is -0.415. The molecule has 3 aromatic rings. The number of nitrogen functional groups attached to an aromatic ring is 1. The highest BCUT2D eigenvalue weighted by Crippen LogP contribution is 2.30. The van der Waals surface area contributed by atoms with Gasteiger partial charge in [-0.2, -0.15) is 5.26 Å². The summed E-state index contributed by atoms with van der Waals surface area (Å²) < 4.78 is 0. The van der Waals surface area contributed by atoms with Crippen LogP contribution in [-0.4, -0.2) is 53.2 Å². The summed E-state index contributed by atoms with van der Waals surface area (Å²) in [5.41, 5.74) is 8.79. The molecule has 9 heteroatoms. The lowest BCUT2D eigenvalue weighted by Crippen LogP contribution is -2.49. The Labute approximate surface area is 190 Å². The average molecular weight is 449 g/mol. The molecule has 0 saturated carbocycles. The first-order valence-corrected chi connectivity index (χ1v) is 11.1. The van der Waals surface area contributed by atoms with E-state index in [-0.39, 0.29) is 11.6 Å². The molecule has 0 aliphatic carbocycles. The molecule has 4 rings (SSSR count). The number of benzene rings is 2. The summed E-state index contributed by atoms with van der Waals surface area (Å²) >= 11 is 1.19. The van der Waals surface area contributed by atoms with E-state index in [9.17, 15) is 9.90 Å². The Bertz CT molecular complexity index is 1140. The second-order valence-electron chi connectivity index (χ2n) is 7.58. The predicted octanol–water partition coefficient (Wildman–Crippen LogP) is 3.03. The molecule has 0 radical (unpaired) electrons. The summed E-state index contributed by atoms with van der Waals surface area (Å²) in [7, 11) is 0. The molecule has 1 unspecified atom stereocenters. The summed E-state index contributed by atoms with van der Waals surface area (Å²) in [5.74, 6) is -0.0886. The van der Waals surface area contributed by atoms with Gasteiger partial charge in [0.2, 0.25) is 5.78 Å².